The van der Waals surface area contributed by atoms with Gasteiger partial charge in [-0.3, -0.25) is 33.5 Å². The number of carbonyl (C=O) groups is 3. The van der Waals surface area contributed by atoms with E-state index in [4.69, 9.17) is 9.84 Å². The quantitative estimate of drug-likeness (QED) is 0.193. The summed E-state index contributed by atoms with van der Waals surface area (Å²) in [6.07, 6.45) is 3.58. The van der Waals surface area contributed by atoms with Crippen molar-refractivity contribution < 1.29 is 32.3 Å². The van der Waals surface area contributed by atoms with Crippen LogP contribution in [0.5, 0.6) is 5.88 Å². The number of alkyl halides is 3. The Labute approximate surface area is 331 Å². The molecular weight excluding hydrogens is 757 g/mol. The third-order valence-corrected chi connectivity index (χ3v) is 12.0. The van der Waals surface area contributed by atoms with E-state index >= 15 is 0 Å². The number of halogens is 3. The normalized spacial score (nSPS) is 20.9. The van der Waals surface area contributed by atoms with Gasteiger partial charge in [0.05, 0.1) is 29.9 Å². The molecule has 4 aromatic heterocycles. The number of hydrogen-bond donors (Lipinski definition) is 2. The maximum atomic E-state index is 13.4. The Morgan fingerprint density at radius 1 is 1.00 bits per heavy atom. The Kier molecular flexibility index (Phi) is 10.5. The lowest BCUT2D eigenvalue weighted by Gasteiger charge is -2.40. The highest BCUT2D eigenvalue weighted by molar-refractivity contribution is 6.04. The number of nitrogens with one attached hydrogen (secondary N) is 2. The van der Waals surface area contributed by atoms with Crippen LogP contribution in [0.1, 0.15) is 79.6 Å². The van der Waals surface area contributed by atoms with Crippen LogP contribution in [-0.4, -0.2) is 91.3 Å². The second-order valence-electron chi connectivity index (χ2n) is 15.6. The van der Waals surface area contributed by atoms with Crippen molar-refractivity contribution in [1.29, 1.82) is 0 Å². The number of benzene rings is 1. The molecule has 2 saturated heterocycles. The van der Waals surface area contributed by atoms with Crippen molar-refractivity contribution in [1.82, 2.24) is 39.1 Å². The van der Waals surface area contributed by atoms with Gasteiger partial charge in [0.1, 0.15) is 23.1 Å². The summed E-state index contributed by atoms with van der Waals surface area (Å²) < 4.78 is 50.0. The number of nitrogens with zero attached hydrogens (tertiary/aromatic N) is 8. The Morgan fingerprint density at radius 3 is 2.45 bits per heavy atom. The fraction of sp³-hybridized carbons (Fsp3) is 0.475. The minimum atomic E-state index is -4.68. The first kappa shape index (κ1) is 39.1. The van der Waals surface area contributed by atoms with Crippen LogP contribution in [-0.2, 0) is 22.8 Å². The number of rotatable bonds is 9. The number of amides is 3. The molecule has 1 saturated carbocycles. The highest BCUT2D eigenvalue weighted by Crippen LogP contribution is 2.36. The molecule has 1 unspecified atom stereocenters. The van der Waals surface area contributed by atoms with E-state index in [1.54, 1.807) is 17.7 Å². The van der Waals surface area contributed by atoms with E-state index in [-0.39, 0.29) is 41.3 Å². The van der Waals surface area contributed by atoms with E-state index in [2.05, 4.69) is 37.4 Å². The number of methoxy groups -OCH3 is 1. The molecule has 6 heterocycles. The molecule has 3 amide bonds. The molecule has 2 aliphatic heterocycles. The lowest BCUT2D eigenvalue weighted by atomic mass is 9.85. The summed E-state index contributed by atoms with van der Waals surface area (Å²) in [5, 5.41) is 10.4. The van der Waals surface area contributed by atoms with E-state index in [0.717, 1.165) is 81.5 Å². The van der Waals surface area contributed by atoms with Gasteiger partial charge in [0.25, 0.3) is 5.91 Å². The van der Waals surface area contributed by atoms with Crippen LogP contribution in [0, 0.1) is 5.92 Å². The zero-order valence-corrected chi connectivity index (χ0v) is 32.5. The molecule has 1 aliphatic carbocycles. The number of carbonyl (C=O) groups excluding carboxylic acids is 3. The summed E-state index contributed by atoms with van der Waals surface area (Å²) in [6, 6.07) is 10.5. The van der Waals surface area contributed by atoms with Gasteiger partial charge in [0.2, 0.25) is 17.7 Å². The number of fused-ring (bicyclic) bond motifs is 2. The van der Waals surface area contributed by atoms with E-state index < -0.39 is 29.7 Å². The average molecular weight is 803 g/mol. The molecular formula is C40H45F3N10O5. The molecule has 15 nitrogen and oxygen atoms in total. The number of para-hydroxylation sites is 1. The van der Waals surface area contributed by atoms with Crippen molar-refractivity contribution in [2.75, 3.05) is 44.0 Å². The van der Waals surface area contributed by atoms with Gasteiger partial charge < -0.3 is 19.9 Å². The van der Waals surface area contributed by atoms with Crippen LogP contribution in [0.3, 0.4) is 0 Å². The lowest BCUT2D eigenvalue weighted by Crippen LogP contribution is -2.45. The van der Waals surface area contributed by atoms with Crippen molar-refractivity contribution >= 4 is 51.2 Å². The number of ether oxygens (including phenoxy) is 1. The fourth-order valence-corrected chi connectivity index (χ4v) is 8.89. The van der Waals surface area contributed by atoms with E-state index in [9.17, 15) is 32.3 Å². The first-order valence-corrected chi connectivity index (χ1v) is 19.6. The van der Waals surface area contributed by atoms with Gasteiger partial charge in [0.15, 0.2) is 5.65 Å². The number of pyridine rings is 2. The van der Waals surface area contributed by atoms with Gasteiger partial charge in [-0.1, -0.05) is 12.1 Å². The molecule has 0 spiro atoms. The third-order valence-electron chi connectivity index (χ3n) is 12.0. The molecule has 1 aromatic carbocycles. The zero-order chi connectivity index (χ0) is 40.9. The molecule has 58 heavy (non-hydrogen) atoms. The average Bonchev–Trinajstić information content (AvgIpc) is 3.74. The Balaban J connectivity index is 0.866. The zero-order valence-electron chi connectivity index (χ0n) is 32.5. The molecule has 0 radical (unpaired) electrons. The number of hydrogen-bond acceptors (Lipinski definition) is 10. The monoisotopic (exact) mass is 802 g/mol. The predicted octanol–water partition coefficient (Wildman–Crippen LogP) is 5.07. The standard InChI is InChI=1S/C40H45F3N10O5/c1-49(25-16-18-51(19-17-25)29-7-5-8-30-34(29)50(2)39(57)53(30)31-14-15-33(54)46-37(31)56)21-23-10-12-26(13-11-23)52-22-24-20-28(38(58-3)47-35(24)48-52)45-36(55)27-6-4-9-32(44-27)40(41,42)43/h4-9,20,22-23,25-26,31H,10-19,21H2,1-3H3,(H,45,55)(H,46,54,56). The van der Waals surface area contributed by atoms with Gasteiger partial charge in [0, 0.05) is 50.7 Å². The maximum absolute atomic E-state index is 13.4. The molecule has 3 aliphatic rings. The van der Waals surface area contributed by atoms with Gasteiger partial charge in [-0.05, 0) is 88.2 Å². The van der Waals surface area contributed by atoms with Gasteiger partial charge in [-0.25, -0.2) is 9.78 Å². The molecule has 0 bridgehead atoms. The summed E-state index contributed by atoms with van der Waals surface area (Å²) in [4.78, 5) is 63.6. The molecule has 2 N–H and O–H groups in total. The Hall–Kier alpha value is -5.78. The number of aryl methyl sites for hydroxylation is 1. The molecule has 8 rings (SSSR count). The van der Waals surface area contributed by atoms with Crippen LogP contribution in [0.4, 0.5) is 24.5 Å². The van der Waals surface area contributed by atoms with Gasteiger partial charge in [-0.15, -0.1) is 0 Å². The Bertz CT molecular complexity index is 2440. The molecule has 1 atom stereocenters. The molecule has 5 aromatic rings. The summed E-state index contributed by atoms with van der Waals surface area (Å²) >= 11 is 0. The third kappa shape index (κ3) is 7.52. The highest BCUT2D eigenvalue weighted by atomic mass is 19.4. The topological polar surface area (TPSA) is 162 Å². The van der Waals surface area contributed by atoms with Crippen molar-refractivity contribution in [3.05, 3.63) is 70.5 Å². The minimum Gasteiger partial charge on any atom is -0.479 e. The van der Waals surface area contributed by atoms with Crippen LogP contribution < -0.4 is 26.0 Å². The van der Waals surface area contributed by atoms with Crippen LogP contribution >= 0.6 is 0 Å². The summed E-state index contributed by atoms with van der Waals surface area (Å²) in [7, 11) is 5.33. The Morgan fingerprint density at radius 2 is 1.74 bits per heavy atom. The smallest absolute Gasteiger partial charge is 0.433 e. The van der Waals surface area contributed by atoms with E-state index in [1.165, 1.54) is 17.7 Å². The van der Waals surface area contributed by atoms with Crippen molar-refractivity contribution in [2.45, 2.75) is 75.7 Å². The number of imide groups is 1. The second-order valence-corrected chi connectivity index (χ2v) is 15.6. The van der Waals surface area contributed by atoms with Crippen molar-refractivity contribution in [3.63, 3.8) is 0 Å². The first-order valence-electron chi connectivity index (χ1n) is 19.6. The van der Waals surface area contributed by atoms with Gasteiger partial charge >= 0.3 is 11.9 Å². The second kappa shape index (κ2) is 15.5. The maximum Gasteiger partial charge on any atom is 0.433 e. The summed E-state index contributed by atoms with van der Waals surface area (Å²) in [5.41, 5.74) is 1.27. The van der Waals surface area contributed by atoms with Crippen molar-refractivity contribution in [2.24, 2.45) is 13.0 Å². The van der Waals surface area contributed by atoms with Crippen molar-refractivity contribution in [3.8, 4) is 5.88 Å². The van der Waals surface area contributed by atoms with Gasteiger partial charge in [-0.2, -0.15) is 23.3 Å². The lowest BCUT2D eigenvalue weighted by molar-refractivity contribution is -0.141. The first-order chi connectivity index (χ1) is 27.8. The predicted molar refractivity (Wildman–Crippen MR) is 209 cm³/mol. The number of aromatic nitrogens is 6. The number of imidazole rings is 1. The molecule has 306 valence electrons. The van der Waals surface area contributed by atoms with E-state index in [1.807, 2.05) is 29.1 Å². The molecule has 18 heteroatoms. The van der Waals surface area contributed by atoms with Crippen LogP contribution in [0.2, 0.25) is 0 Å². The highest BCUT2D eigenvalue weighted by Gasteiger charge is 2.35. The van der Waals surface area contributed by atoms with Crippen LogP contribution in [0.25, 0.3) is 22.1 Å². The SMILES string of the molecule is COc1nc2nn(C3CCC(CN(C)C4CCN(c5cccc6c5n(C)c(=O)n6C5CCC(=O)NC5=O)CC4)CC3)cc2cc1NC(=O)c1cccc(C(F)(F)F)n1. The molecule has 3 fully saturated rings. The summed E-state index contributed by atoms with van der Waals surface area (Å²) in [6.45, 7) is 2.65. The summed E-state index contributed by atoms with van der Waals surface area (Å²) in [5.74, 6) is -0.965. The number of piperidine rings is 2. The number of anilines is 2. The largest absolute Gasteiger partial charge is 0.479 e. The minimum absolute atomic E-state index is 0.0854. The van der Waals surface area contributed by atoms with E-state index in [0.29, 0.717) is 34.9 Å². The van der Waals surface area contributed by atoms with Crippen LogP contribution in [0.15, 0.2) is 53.5 Å². The fourth-order valence-electron chi connectivity index (χ4n) is 8.89.